The predicted molar refractivity (Wildman–Crippen MR) is 110 cm³/mol. The van der Waals surface area contributed by atoms with E-state index in [4.69, 9.17) is 15.7 Å². The number of carboxylic acid groups (broad SMARTS) is 1. The number of aliphatic carboxylic acids is 1. The van der Waals surface area contributed by atoms with Gasteiger partial charge >= 0.3 is 5.97 Å². The minimum Gasteiger partial charge on any atom is -0.479 e. The van der Waals surface area contributed by atoms with Gasteiger partial charge in [-0.1, -0.05) is 59.8 Å². The van der Waals surface area contributed by atoms with Crippen LogP contribution in [0.2, 0.25) is 0 Å². The minimum atomic E-state index is -1.08. The van der Waals surface area contributed by atoms with Crippen LogP contribution in [0.5, 0.6) is 0 Å². The molecule has 29 heavy (non-hydrogen) atoms. The van der Waals surface area contributed by atoms with Gasteiger partial charge in [0.15, 0.2) is 0 Å². The second-order valence-electron chi connectivity index (χ2n) is 6.85. The molecule has 0 radical (unpaired) electrons. The van der Waals surface area contributed by atoms with Gasteiger partial charge in [-0.25, -0.2) is 14.8 Å². The van der Waals surface area contributed by atoms with E-state index in [2.05, 4.69) is 39.4 Å². The molecule has 4 rings (SSSR count). The van der Waals surface area contributed by atoms with Gasteiger partial charge in [0.2, 0.25) is 12.6 Å². The van der Waals surface area contributed by atoms with Crippen LogP contribution >= 0.6 is 0 Å². The zero-order valence-corrected chi connectivity index (χ0v) is 15.7. The number of nitrogens with two attached hydrogens (primary N) is 1. The molecule has 146 valence electrons. The number of anilines is 1. The zero-order chi connectivity index (χ0) is 20.2. The first kappa shape index (κ1) is 18.6. The Morgan fingerprint density at radius 2 is 1.86 bits per heavy atom. The van der Waals surface area contributed by atoms with Crippen molar-refractivity contribution in [1.29, 1.82) is 0 Å². The lowest BCUT2D eigenvalue weighted by molar-refractivity contribution is -0.142. The molecule has 0 saturated carbocycles. The van der Waals surface area contributed by atoms with E-state index in [1.807, 2.05) is 30.3 Å². The largest absolute Gasteiger partial charge is 0.479 e. The summed E-state index contributed by atoms with van der Waals surface area (Å²) in [5.74, 6) is -0.781. The quantitative estimate of drug-likeness (QED) is 0.649. The van der Waals surface area contributed by atoms with Gasteiger partial charge in [-0.3, -0.25) is 0 Å². The third-order valence-electron chi connectivity index (χ3n) is 4.92. The number of hydrogen-bond acceptors (Lipinski definition) is 6. The van der Waals surface area contributed by atoms with Crippen LogP contribution in [0.1, 0.15) is 29.2 Å². The molecule has 1 heterocycles. The number of aromatic nitrogens is 2. The summed E-state index contributed by atoms with van der Waals surface area (Å²) in [6.45, 7) is -0.500. The molecule has 0 fully saturated rings. The Labute approximate surface area is 167 Å². The topological polar surface area (TPSA) is 111 Å². The summed E-state index contributed by atoms with van der Waals surface area (Å²) < 4.78 is 0. The van der Waals surface area contributed by atoms with Gasteiger partial charge in [0.05, 0.1) is 11.4 Å². The number of hydrogen-bond donors (Lipinski definition) is 2. The Kier molecular flexibility index (Phi) is 5.20. The maximum Gasteiger partial charge on any atom is 0.344 e. The van der Waals surface area contributed by atoms with Crippen molar-refractivity contribution >= 4 is 17.6 Å². The van der Waals surface area contributed by atoms with E-state index in [0.717, 1.165) is 22.4 Å². The molecule has 0 spiro atoms. The Hall–Kier alpha value is -3.74. The normalized spacial score (nSPS) is 17.0. The Morgan fingerprint density at radius 1 is 1.10 bits per heavy atom. The number of nitrogens with zero attached hydrogens (tertiary/aromatic N) is 3. The summed E-state index contributed by atoms with van der Waals surface area (Å²) in [4.78, 5) is 24.3. The second-order valence-corrected chi connectivity index (χ2v) is 6.85. The predicted octanol–water partition coefficient (Wildman–Crippen LogP) is 3.26. The monoisotopic (exact) mass is 388 g/mol. The first-order chi connectivity index (χ1) is 14.1. The maximum atomic E-state index is 10.8. The second kappa shape index (κ2) is 8.10. The standard InChI is InChI=1S/C22H20N4O3/c23-22-24-12-18-19(25-22)10-15(11-20(18)26-29-13-21(27)28)17-9-5-4-8-16(17)14-6-2-1-3-7-14/h1-9,12,15H,10-11,13H2,(H,27,28)(H2,23,24,25)/b26-20+. The lowest BCUT2D eigenvalue weighted by Gasteiger charge is -2.26. The van der Waals surface area contributed by atoms with Crippen LogP contribution in [0.25, 0.3) is 11.1 Å². The zero-order valence-electron chi connectivity index (χ0n) is 15.7. The molecule has 3 aromatic rings. The fraction of sp³-hybridized carbons (Fsp3) is 0.182. The summed E-state index contributed by atoms with van der Waals surface area (Å²) in [5, 5.41) is 12.9. The SMILES string of the molecule is Nc1ncc2c(n1)CC(c1ccccc1-c1ccccc1)C/C2=N\OCC(=O)O. The molecule has 0 saturated heterocycles. The van der Waals surface area contributed by atoms with E-state index >= 15 is 0 Å². The van der Waals surface area contributed by atoms with Gasteiger partial charge in [-0.05, 0) is 29.0 Å². The molecule has 1 aliphatic carbocycles. The van der Waals surface area contributed by atoms with Crippen LogP contribution in [0.4, 0.5) is 5.95 Å². The van der Waals surface area contributed by atoms with Crippen molar-refractivity contribution in [3.63, 3.8) is 0 Å². The van der Waals surface area contributed by atoms with Gasteiger partial charge in [0.25, 0.3) is 0 Å². The van der Waals surface area contributed by atoms with Crippen molar-refractivity contribution in [3.8, 4) is 11.1 Å². The van der Waals surface area contributed by atoms with E-state index in [1.165, 1.54) is 5.56 Å². The van der Waals surface area contributed by atoms with E-state index in [1.54, 1.807) is 6.20 Å². The van der Waals surface area contributed by atoms with E-state index in [9.17, 15) is 4.79 Å². The van der Waals surface area contributed by atoms with Crippen LogP contribution in [0.15, 0.2) is 65.9 Å². The molecule has 0 bridgehead atoms. The first-order valence-electron chi connectivity index (χ1n) is 9.28. The lowest BCUT2D eigenvalue weighted by atomic mass is 9.79. The fourth-order valence-corrected chi connectivity index (χ4v) is 3.68. The molecule has 7 nitrogen and oxygen atoms in total. The number of oxime groups is 1. The fourth-order valence-electron chi connectivity index (χ4n) is 3.68. The third-order valence-corrected chi connectivity index (χ3v) is 4.92. The lowest BCUT2D eigenvalue weighted by Crippen LogP contribution is -2.23. The summed E-state index contributed by atoms with van der Waals surface area (Å²) in [5.41, 5.74) is 11.4. The Balaban J connectivity index is 1.74. The molecule has 0 aliphatic heterocycles. The molecule has 1 aromatic heterocycles. The molecule has 2 aromatic carbocycles. The number of carbonyl (C=O) groups is 1. The number of carboxylic acids is 1. The highest BCUT2D eigenvalue weighted by Gasteiger charge is 2.28. The van der Waals surface area contributed by atoms with Gasteiger partial charge in [-0.15, -0.1) is 0 Å². The molecule has 1 unspecified atom stereocenters. The molecule has 1 atom stereocenters. The number of benzene rings is 2. The van der Waals surface area contributed by atoms with Crippen LogP contribution in [-0.4, -0.2) is 33.4 Å². The number of fused-ring (bicyclic) bond motifs is 1. The number of rotatable bonds is 5. The highest BCUT2D eigenvalue weighted by Crippen LogP contribution is 2.37. The van der Waals surface area contributed by atoms with Crippen molar-refractivity contribution in [2.45, 2.75) is 18.8 Å². The molecule has 7 heteroatoms. The van der Waals surface area contributed by atoms with Crippen molar-refractivity contribution in [3.05, 3.63) is 77.6 Å². The molecule has 0 amide bonds. The summed E-state index contributed by atoms with van der Waals surface area (Å²) in [6.07, 6.45) is 2.90. The van der Waals surface area contributed by atoms with E-state index < -0.39 is 12.6 Å². The number of nitrogen functional groups attached to an aromatic ring is 1. The van der Waals surface area contributed by atoms with Gasteiger partial charge in [0, 0.05) is 18.2 Å². The third kappa shape index (κ3) is 4.08. The molecule has 3 N–H and O–H groups in total. The first-order valence-corrected chi connectivity index (χ1v) is 9.28. The summed E-state index contributed by atoms with van der Waals surface area (Å²) in [6, 6.07) is 18.4. The smallest absolute Gasteiger partial charge is 0.344 e. The molecule has 1 aliphatic rings. The average molecular weight is 388 g/mol. The maximum absolute atomic E-state index is 10.8. The Bertz CT molecular complexity index is 1070. The van der Waals surface area contributed by atoms with Crippen LogP contribution in [0, 0.1) is 0 Å². The van der Waals surface area contributed by atoms with Crippen LogP contribution in [0.3, 0.4) is 0 Å². The van der Waals surface area contributed by atoms with Crippen LogP contribution in [-0.2, 0) is 16.1 Å². The van der Waals surface area contributed by atoms with Gasteiger partial charge < -0.3 is 15.7 Å². The van der Waals surface area contributed by atoms with Crippen molar-refractivity contribution in [1.82, 2.24) is 9.97 Å². The highest BCUT2D eigenvalue weighted by atomic mass is 16.6. The summed E-state index contributed by atoms with van der Waals surface area (Å²) in [7, 11) is 0. The van der Waals surface area contributed by atoms with Crippen molar-refractivity contribution in [2.24, 2.45) is 5.16 Å². The molecular formula is C22H20N4O3. The minimum absolute atomic E-state index is 0.0976. The van der Waals surface area contributed by atoms with E-state index in [-0.39, 0.29) is 11.9 Å². The average Bonchev–Trinajstić information content (AvgIpc) is 2.73. The van der Waals surface area contributed by atoms with Crippen molar-refractivity contribution in [2.75, 3.05) is 12.3 Å². The van der Waals surface area contributed by atoms with Crippen LogP contribution < -0.4 is 5.73 Å². The highest BCUT2D eigenvalue weighted by molar-refractivity contribution is 6.02. The van der Waals surface area contributed by atoms with Gasteiger partial charge in [-0.2, -0.15) is 0 Å². The summed E-state index contributed by atoms with van der Waals surface area (Å²) >= 11 is 0. The van der Waals surface area contributed by atoms with Crippen molar-refractivity contribution < 1.29 is 14.7 Å². The van der Waals surface area contributed by atoms with E-state index in [0.29, 0.717) is 18.6 Å². The van der Waals surface area contributed by atoms with Gasteiger partial charge in [0.1, 0.15) is 0 Å². The Morgan fingerprint density at radius 3 is 2.66 bits per heavy atom. The molecular weight excluding hydrogens is 368 g/mol.